The molecule has 0 saturated heterocycles. The molecule has 0 bridgehead atoms. The van der Waals surface area contributed by atoms with Crippen molar-refractivity contribution in [2.24, 2.45) is 5.14 Å². The highest BCUT2D eigenvalue weighted by molar-refractivity contribution is 7.91. The lowest BCUT2D eigenvalue weighted by Gasteiger charge is -1.96. The first-order chi connectivity index (χ1) is 5.55. The molecule has 0 spiro atoms. The minimum Gasteiger partial charge on any atom is -0.224 e. The molecule has 1 aromatic rings. The van der Waals surface area contributed by atoms with E-state index < -0.39 is 10.0 Å². The van der Waals surface area contributed by atoms with Crippen LogP contribution < -0.4 is 5.14 Å². The Bertz CT molecular complexity index is 378. The Hall–Kier alpha value is -0.650. The van der Waals surface area contributed by atoms with Gasteiger partial charge in [0.25, 0.3) is 0 Å². The molecule has 0 aliphatic carbocycles. The zero-order chi connectivity index (χ0) is 9.19. The standard InChI is InChI=1S/C7H9NO2S2/c1-2-3-6-4-5-11-7(6)12(8,9)10/h2,4-5H,1,3H2,(H2,8,9,10). The van der Waals surface area contributed by atoms with Gasteiger partial charge in [0.05, 0.1) is 0 Å². The summed E-state index contributed by atoms with van der Waals surface area (Å²) in [6.07, 6.45) is 2.19. The van der Waals surface area contributed by atoms with E-state index in [1.807, 2.05) is 0 Å². The van der Waals surface area contributed by atoms with E-state index >= 15 is 0 Å². The lowest BCUT2D eigenvalue weighted by Crippen LogP contribution is -2.12. The topological polar surface area (TPSA) is 60.2 Å². The monoisotopic (exact) mass is 203 g/mol. The maximum absolute atomic E-state index is 10.9. The van der Waals surface area contributed by atoms with Gasteiger partial charge in [0.1, 0.15) is 4.21 Å². The fraction of sp³-hybridized carbons (Fsp3) is 0.143. The van der Waals surface area contributed by atoms with Gasteiger partial charge in [-0.2, -0.15) is 0 Å². The molecule has 5 heteroatoms. The van der Waals surface area contributed by atoms with Crippen molar-refractivity contribution in [1.29, 1.82) is 0 Å². The van der Waals surface area contributed by atoms with Crippen LogP contribution in [-0.4, -0.2) is 8.42 Å². The van der Waals surface area contributed by atoms with E-state index in [1.165, 1.54) is 0 Å². The number of rotatable bonds is 3. The minimum absolute atomic E-state index is 0.238. The largest absolute Gasteiger partial charge is 0.247 e. The molecule has 0 fully saturated rings. The van der Waals surface area contributed by atoms with Crippen LogP contribution in [0.2, 0.25) is 0 Å². The summed E-state index contributed by atoms with van der Waals surface area (Å²) in [6, 6.07) is 1.74. The van der Waals surface area contributed by atoms with Crippen LogP contribution in [0.25, 0.3) is 0 Å². The predicted molar refractivity (Wildman–Crippen MR) is 49.6 cm³/mol. The van der Waals surface area contributed by atoms with Crippen molar-refractivity contribution in [2.45, 2.75) is 10.6 Å². The van der Waals surface area contributed by atoms with Gasteiger partial charge in [-0.3, -0.25) is 0 Å². The number of sulfonamides is 1. The molecule has 0 saturated carbocycles. The van der Waals surface area contributed by atoms with Gasteiger partial charge in [-0.05, 0) is 23.4 Å². The SMILES string of the molecule is C=CCc1ccsc1S(N)(=O)=O. The fourth-order valence-corrected chi connectivity index (χ4v) is 2.76. The third-order valence-corrected chi connectivity index (χ3v) is 3.84. The van der Waals surface area contributed by atoms with Crippen molar-refractivity contribution in [1.82, 2.24) is 0 Å². The molecular formula is C7H9NO2S2. The second kappa shape index (κ2) is 3.38. The fourth-order valence-electron chi connectivity index (χ4n) is 0.878. The number of hydrogen-bond donors (Lipinski definition) is 1. The third-order valence-electron chi connectivity index (χ3n) is 1.33. The maximum Gasteiger partial charge on any atom is 0.247 e. The molecule has 1 rings (SSSR count). The smallest absolute Gasteiger partial charge is 0.224 e. The molecule has 0 aromatic carbocycles. The van der Waals surface area contributed by atoms with Crippen LogP contribution in [0.15, 0.2) is 28.3 Å². The summed E-state index contributed by atoms with van der Waals surface area (Å²) >= 11 is 1.14. The average Bonchev–Trinajstić information content (AvgIpc) is 2.34. The van der Waals surface area contributed by atoms with Crippen molar-refractivity contribution in [3.63, 3.8) is 0 Å². The quantitative estimate of drug-likeness (QED) is 0.748. The van der Waals surface area contributed by atoms with Gasteiger partial charge >= 0.3 is 0 Å². The third kappa shape index (κ3) is 1.94. The summed E-state index contributed by atoms with van der Waals surface area (Å²) in [5, 5.41) is 6.69. The summed E-state index contributed by atoms with van der Waals surface area (Å²) in [7, 11) is -3.54. The van der Waals surface area contributed by atoms with Gasteiger partial charge in [0.15, 0.2) is 0 Å². The molecule has 0 atom stereocenters. The molecular weight excluding hydrogens is 194 g/mol. The summed E-state index contributed by atoms with van der Waals surface area (Å²) in [6.45, 7) is 3.53. The van der Waals surface area contributed by atoms with Gasteiger partial charge in [-0.15, -0.1) is 17.9 Å². The Morgan fingerprint density at radius 3 is 2.83 bits per heavy atom. The van der Waals surface area contributed by atoms with Crippen LogP contribution in [0, 0.1) is 0 Å². The Morgan fingerprint density at radius 2 is 2.33 bits per heavy atom. The molecule has 2 N–H and O–H groups in total. The molecule has 0 unspecified atom stereocenters. The second-order valence-corrected chi connectivity index (χ2v) is 4.94. The van der Waals surface area contributed by atoms with E-state index in [-0.39, 0.29) is 4.21 Å². The molecule has 66 valence electrons. The molecule has 0 aliphatic rings. The normalized spacial score (nSPS) is 11.4. The van der Waals surface area contributed by atoms with Gasteiger partial charge in [0, 0.05) is 0 Å². The van der Waals surface area contributed by atoms with E-state index in [4.69, 9.17) is 5.14 Å². The first-order valence-corrected chi connectivity index (χ1v) is 5.68. The summed E-state index contributed by atoms with van der Waals surface area (Å²) in [5.41, 5.74) is 0.720. The van der Waals surface area contributed by atoms with E-state index in [0.717, 1.165) is 16.9 Å². The van der Waals surface area contributed by atoms with Crippen molar-refractivity contribution in [3.05, 3.63) is 29.7 Å². The summed E-state index contributed by atoms with van der Waals surface area (Å²) in [4.78, 5) is 0. The van der Waals surface area contributed by atoms with E-state index in [1.54, 1.807) is 17.5 Å². The zero-order valence-corrected chi connectivity index (χ0v) is 7.99. The highest BCUT2D eigenvalue weighted by atomic mass is 32.2. The summed E-state index contributed by atoms with van der Waals surface area (Å²) < 4.78 is 22.1. The lowest BCUT2D eigenvalue weighted by atomic mass is 10.2. The van der Waals surface area contributed by atoms with E-state index in [2.05, 4.69) is 6.58 Å². The number of thiophene rings is 1. The van der Waals surface area contributed by atoms with Crippen LogP contribution in [0.5, 0.6) is 0 Å². The first-order valence-electron chi connectivity index (χ1n) is 3.26. The minimum atomic E-state index is -3.54. The van der Waals surface area contributed by atoms with Crippen molar-refractivity contribution in [2.75, 3.05) is 0 Å². The summed E-state index contributed by atoms with van der Waals surface area (Å²) in [5.74, 6) is 0. The van der Waals surface area contributed by atoms with Crippen molar-refractivity contribution in [3.8, 4) is 0 Å². The highest BCUT2D eigenvalue weighted by Gasteiger charge is 2.13. The maximum atomic E-state index is 10.9. The van der Waals surface area contributed by atoms with Gasteiger partial charge in [-0.25, -0.2) is 13.6 Å². The van der Waals surface area contributed by atoms with Gasteiger partial charge < -0.3 is 0 Å². The van der Waals surface area contributed by atoms with Gasteiger partial charge in [-0.1, -0.05) is 6.08 Å². The number of nitrogens with two attached hydrogens (primary N) is 1. The Balaban J connectivity index is 3.16. The number of primary sulfonamides is 1. The van der Waals surface area contributed by atoms with Crippen LogP contribution >= 0.6 is 11.3 Å². The van der Waals surface area contributed by atoms with Crippen molar-refractivity contribution >= 4 is 21.4 Å². The van der Waals surface area contributed by atoms with Crippen LogP contribution in [0.1, 0.15) is 5.56 Å². The Labute approximate surface area is 75.6 Å². The lowest BCUT2D eigenvalue weighted by molar-refractivity contribution is 0.599. The average molecular weight is 203 g/mol. The zero-order valence-electron chi connectivity index (χ0n) is 6.36. The molecule has 0 amide bonds. The number of hydrogen-bond acceptors (Lipinski definition) is 3. The predicted octanol–water partition coefficient (Wildman–Crippen LogP) is 1.12. The number of allylic oxidation sites excluding steroid dienone is 1. The molecule has 0 radical (unpaired) electrons. The molecule has 12 heavy (non-hydrogen) atoms. The van der Waals surface area contributed by atoms with E-state index in [0.29, 0.717) is 6.42 Å². The molecule has 1 heterocycles. The molecule has 0 aliphatic heterocycles. The first kappa shape index (κ1) is 9.44. The molecule has 3 nitrogen and oxygen atoms in total. The highest BCUT2D eigenvalue weighted by Crippen LogP contribution is 2.21. The van der Waals surface area contributed by atoms with Crippen LogP contribution in [-0.2, 0) is 16.4 Å². The second-order valence-electron chi connectivity index (χ2n) is 2.27. The van der Waals surface area contributed by atoms with E-state index in [9.17, 15) is 8.42 Å². The van der Waals surface area contributed by atoms with Gasteiger partial charge in [0.2, 0.25) is 10.0 Å². The Morgan fingerprint density at radius 1 is 1.67 bits per heavy atom. The molecule has 1 aromatic heterocycles. The van der Waals surface area contributed by atoms with Crippen LogP contribution in [0.4, 0.5) is 0 Å². The van der Waals surface area contributed by atoms with Crippen molar-refractivity contribution < 1.29 is 8.42 Å². The Kier molecular flexibility index (Phi) is 2.66. The van der Waals surface area contributed by atoms with Crippen LogP contribution in [0.3, 0.4) is 0 Å².